The van der Waals surface area contributed by atoms with E-state index in [1.165, 1.54) is 18.4 Å². The zero-order valence-corrected chi connectivity index (χ0v) is 18.4. The Morgan fingerprint density at radius 1 is 1.00 bits per heavy atom. The number of benzene rings is 2. The van der Waals surface area contributed by atoms with E-state index >= 15 is 0 Å². The van der Waals surface area contributed by atoms with Gasteiger partial charge in [0.2, 0.25) is 0 Å². The number of amides is 3. The number of rotatable bonds is 5. The van der Waals surface area contributed by atoms with Gasteiger partial charge in [-0.15, -0.1) is 0 Å². The van der Waals surface area contributed by atoms with Crippen molar-refractivity contribution >= 4 is 17.6 Å². The van der Waals surface area contributed by atoms with Crippen LogP contribution in [0.5, 0.6) is 0 Å². The number of aryl methyl sites for hydroxylation is 1. The molecule has 3 amide bonds. The third kappa shape index (κ3) is 5.46. The molecule has 0 aromatic heterocycles. The Labute approximate surface area is 185 Å². The molecule has 31 heavy (non-hydrogen) atoms. The van der Waals surface area contributed by atoms with E-state index in [0.717, 1.165) is 55.5 Å². The topological polar surface area (TPSA) is 61.4 Å². The van der Waals surface area contributed by atoms with Crippen molar-refractivity contribution < 1.29 is 9.59 Å². The molecule has 4 rings (SSSR count). The lowest BCUT2D eigenvalue weighted by molar-refractivity contribution is 0.0937. The van der Waals surface area contributed by atoms with Crippen LogP contribution in [0.2, 0.25) is 0 Å². The fourth-order valence-corrected chi connectivity index (χ4v) is 4.73. The minimum absolute atomic E-state index is 0.0229. The Morgan fingerprint density at radius 2 is 1.77 bits per heavy atom. The van der Waals surface area contributed by atoms with E-state index in [1.807, 2.05) is 35.2 Å². The third-order valence-corrected chi connectivity index (χ3v) is 6.63. The summed E-state index contributed by atoms with van der Waals surface area (Å²) in [5.74, 6) is 0.274. The molecule has 1 atom stereocenters. The Bertz CT molecular complexity index is 903. The first-order chi connectivity index (χ1) is 15.1. The van der Waals surface area contributed by atoms with Crippen molar-refractivity contribution in [2.45, 2.75) is 63.8 Å². The van der Waals surface area contributed by atoms with Gasteiger partial charge < -0.3 is 15.5 Å². The molecule has 0 spiro atoms. The van der Waals surface area contributed by atoms with Crippen molar-refractivity contribution in [3.63, 3.8) is 0 Å². The Kier molecular flexibility index (Phi) is 6.90. The molecule has 1 saturated carbocycles. The quantitative estimate of drug-likeness (QED) is 0.688. The molecule has 2 fully saturated rings. The molecule has 164 valence electrons. The summed E-state index contributed by atoms with van der Waals surface area (Å²) in [5.41, 5.74) is 3.95. The van der Waals surface area contributed by atoms with E-state index in [-0.39, 0.29) is 17.9 Å². The van der Waals surface area contributed by atoms with E-state index in [0.29, 0.717) is 12.6 Å². The highest BCUT2D eigenvalue weighted by atomic mass is 16.2. The highest BCUT2D eigenvalue weighted by Crippen LogP contribution is 2.28. The van der Waals surface area contributed by atoms with Crippen molar-refractivity contribution in [1.82, 2.24) is 10.2 Å². The van der Waals surface area contributed by atoms with Gasteiger partial charge in [-0.25, -0.2) is 4.79 Å². The standard InChI is InChI=1S/C26H33N3O2/c1-2-19-12-14-24(15-13-19)28-26(31)29-16-6-9-22(18-29)20-7-5-8-21(17-20)25(30)27-23-10-3-4-11-23/h5,7-8,12-15,17,22-23H,2-4,6,9-11,16,18H2,1H3,(H,27,30)(H,28,31)/t22-/m0/s1. The number of nitrogens with one attached hydrogen (secondary N) is 2. The van der Waals surface area contributed by atoms with Crippen molar-refractivity contribution in [2.75, 3.05) is 18.4 Å². The summed E-state index contributed by atoms with van der Waals surface area (Å²) in [7, 11) is 0. The van der Waals surface area contributed by atoms with Crippen molar-refractivity contribution in [2.24, 2.45) is 0 Å². The zero-order chi connectivity index (χ0) is 21.6. The Balaban J connectivity index is 1.38. The van der Waals surface area contributed by atoms with Crippen molar-refractivity contribution in [3.8, 4) is 0 Å². The molecule has 2 aromatic carbocycles. The maximum Gasteiger partial charge on any atom is 0.321 e. The van der Waals surface area contributed by atoms with E-state index < -0.39 is 0 Å². The Hall–Kier alpha value is -2.82. The summed E-state index contributed by atoms with van der Waals surface area (Å²) in [6, 6.07) is 16.2. The molecule has 2 N–H and O–H groups in total. The van der Waals surface area contributed by atoms with Gasteiger partial charge in [-0.3, -0.25) is 4.79 Å². The highest BCUT2D eigenvalue weighted by Gasteiger charge is 2.26. The van der Waals surface area contributed by atoms with Crippen LogP contribution in [0.1, 0.15) is 72.9 Å². The number of hydrogen-bond acceptors (Lipinski definition) is 2. The predicted octanol–water partition coefficient (Wildman–Crippen LogP) is 5.33. The van der Waals surface area contributed by atoms with Crippen LogP contribution in [0.3, 0.4) is 0 Å². The lowest BCUT2D eigenvalue weighted by Gasteiger charge is -2.33. The molecule has 0 radical (unpaired) electrons. The van der Waals surface area contributed by atoms with Crippen LogP contribution in [0.4, 0.5) is 10.5 Å². The highest BCUT2D eigenvalue weighted by molar-refractivity contribution is 5.94. The number of nitrogens with zero attached hydrogens (tertiary/aromatic N) is 1. The largest absolute Gasteiger partial charge is 0.349 e. The van der Waals surface area contributed by atoms with E-state index in [9.17, 15) is 9.59 Å². The fraction of sp³-hybridized carbons (Fsp3) is 0.462. The first-order valence-electron chi connectivity index (χ1n) is 11.7. The average Bonchev–Trinajstić information content (AvgIpc) is 3.33. The van der Waals surface area contributed by atoms with Crippen LogP contribution < -0.4 is 10.6 Å². The molecule has 1 aliphatic heterocycles. The number of carbonyl (C=O) groups is 2. The summed E-state index contributed by atoms with van der Waals surface area (Å²) in [5, 5.41) is 6.20. The number of hydrogen-bond donors (Lipinski definition) is 2. The summed E-state index contributed by atoms with van der Waals surface area (Å²) in [4.78, 5) is 27.4. The molecule has 0 bridgehead atoms. The number of likely N-dealkylation sites (tertiary alicyclic amines) is 1. The molecule has 2 aromatic rings. The minimum Gasteiger partial charge on any atom is -0.349 e. The van der Waals surface area contributed by atoms with Crippen LogP contribution in [-0.2, 0) is 6.42 Å². The molecule has 5 heteroatoms. The second-order valence-corrected chi connectivity index (χ2v) is 8.85. The van der Waals surface area contributed by atoms with Gasteiger partial charge >= 0.3 is 6.03 Å². The number of carbonyl (C=O) groups excluding carboxylic acids is 2. The van der Waals surface area contributed by atoms with Crippen LogP contribution in [0.15, 0.2) is 48.5 Å². The number of anilines is 1. The number of urea groups is 1. The van der Waals surface area contributed by atoms with Gasteiger partial charge in [-0.1, -0.05) is 44.0 Å². The van der Waals surface area contributed by atoms with Gasteiger partial charge in [0.05, 0.1) is 0 Å². The smallest absolute Gasteiger partial charge is 0.321 e. The SMILES string of the molecule is CCc1ccc(NC(=O)N2CCC[C@H](c3cccc(C(=O)NC4CCCC4)c3)C2)cc1. The molecular weight excluding hydrogens is 386 g/mol. The monoisotopic (exact) mass is 419 g/mol. The third-order valence-electron chi connectivity index (χ3n) is 6.63. The average molecular weight is 420 g/mol. The fourth-order valence-electron chi connectivity index (χ4n) is 4.73. The molecule has 2 aliphatic rings. The maximum absolute atomic E-state index is 12.8. The molecular formula is C26H33N3O2. The second-order valence-electron chi connectivity index (χ2n) is 8.85. The molecule has 1 saturated heterocycles. The minimum atomic E-state index is -0.0518. The lowest BCUT2D eigenvalue weighted by atomic mass is 9.89. The second kappa shape index (κ2) is 9.99. The van der Waals surface area contributed by atoms with Crippen LogP contribution >= 0.6 is 0 Å². The molecule has 1 aliphatic carbocycles. The first-order valence-corrected chi connectivity index (χ1v) is 11.7. The normalized spacial score (nSPS) is 19.3. The van der Waals surface area contributed by atoms with Gasteiger partial charge in [-0.2, -0.15) is 0 Å². The van der Waals surface area contributed by atoms with Gasteiger partial charge in [-0.05, 0) is 67.5 Å². The van der Waals surface area contributed by atoms with Gasteiger partial charge in [0, 0.05) is 36.3 Å². The summed E-state index contributed by atoms with van der Waals surface area (Å²) in [6.45, 7) is 3.55. The van der Waals surface area contributed by atoms with Crippen molar-refractivity contribution in [1.29, 1.82) is 0 Å². The lowest BCUT2D eigenvalue weighted by Crippen LogP contribution is -2.41. The molecule has 5 nitrogen and oxygen atoms in total. The number of piperidine rings is 1. The van der Waals surface area contributed by atoms with Crippen LogP contribution in [-0.4, -0.2) is 36.0 Å². The summed E-state index contributed by atoms with van der Waals surface area (Å²) >= 11 is 0. The van der Waals surface area contributed by atoms with Gasteiger partial charge in [0.1, 0.15) is 0 Å². The van der Waals surface area contributed by atoms with E-state index in [2.05, 4.69) is 35.8 Å². The molecule has 1 heterocycles. The van der Waals surface area contributed by atoms with Gasteiger partial charge in [0.15, 0.2) is 0 Å². The first kappa shape index (κ1) is 21.4. The predicted molar refractivity (Wildman–Crippen MR) is 125 cm³/mol. The van der Waals surface area contributed by atoms with Crippen LogP contribution in [0, 0.1) is 0 Å². The maximum atomic E-state index is 12.8. The van der Waals surface area contributed by atoms with Gasteiger partial charge in [0.25, 0.3) is 5.91 Å². The summed E-state index contributed by atoms with van der Waals surface area (Å²) < 4.78 is 0. The van der Waals surface area contributed by atoms with Crippen LogP contribution in [0.25, 0.3) is 0 Å². The van der Waals surface area contributed by atoms with Crippen molar-refractivity contribution in [3.05, 3.63) is 65.2 Å². The summed E-state index contributed by atoms with van der Waals surface area (Å²) in [6.07, 6.45) is 7.55. The Morgan fingerprint density at radius 3 is 2.52 bits per heavy atom. The van der Waals surface area contributed by atoms with E-state index in [4.69, 9.17) is 0 Å². The van der Waals surface area contributed by atoms with E-state index in [1.54, 1.807) is 0 Å². The zero-order valence-electron chi connectivity index (χ0n) is 18.4. The molecule has 0 unspecified atom stereocenters.